The number of hydrogen-bond donors (Lipinski definition) is 1. The lowest BCUT2D eigenvalue weighted by atomic mass is 9.72. The fourth-order valence-corrected chi connectivity index (χ4v) is 3.80. The molecule has 120 valence electrons. The molecule has 2 aliphatic heterocycles. The van der Waals surface area contributed by atoms with Crippen LogP contribution in [0.15, 0.2) is 36.6 Å². The van der Waals surface area contributed by atoms with E-state index in [1.54, 1.807) is 6.08 Å². The molecular weight excluding hydrogens is 278 g/mol. The fourth-order valence-electron chi connectivity index (χ4n) is 3.80. The number of nitrogens with zero attached hydrogens (tertiary/aromatic N) is 1. The van der Waals surface area contributed by atoms with Crippen LogP contribution < -0.4 is 0 Å². The number of β-lactam (4-membered cyclic amide) rings is 1. The summed E-state index contributed by atoms with van der Waals surface area (Å²) in [5.74, 6) is -0.390. The van der Waals surface area contributed by atoms with Crippen molar-refractivity contribution in [2.75, 3.05) is 6.61 Å². The zero-order valence-electron chi connectivity index (χ0n) is 13.4. The van der Waals surface area contributed by atoms with Gasteiger partial charge in [-0.1, -0.05) is 26.0 Å². The van der Waals surface area contributed by atoms with Crippen molar-refractivity contribution >= 4 is 11.7 Å². The molecule has 0 bridgehead atoms. The van der Waals surface area contributed by atoms with Gasteiger partial charge < -0.3 is 10.0 Å². The molecule has 1 amide bonds. The number of ketones is 1. The summed E-state index contributed by atoms with van der Waals surface area (Å²) < 4.78 is 0. The molecular formula is C18H25NO3. The Morgan fingerprint density at radius 2 is 2.09 bits per heavy atom. The minimum atomic E-state index is -0.298. The Kier molecular flexibility index (Phi) is 5.01. The van der Waals surface area contributed by atoms with Crippen molar-refractivity contribution < 1.29 is 14.7 Å². The number of rotatable bonds is 8. The monoisotopic (exact) mass is 303 g/mol. The van der Waals surface area contributed by atoms with E-state index in [1.165, 1.54) is 0 Å². The number of amides is 1. The van der Waals surface area contributed by atoms with Gasteiger partial charge in [0.1, 0.15) is 5.78 Å². The zero-order chi connectivity index (χ0) is 16.4. The van der Waals surface area contributed by atoms with Crippen LogP contribution >= 0.6 is 0 Å². The molecule has 2 heterocycles. The Morgan fingerprint density at radius 3 is 2.64 bits per heavy atom. The van der Waals surface area contributed by atoms with Crippen molar-refractivity contribution in [2.24, 2.45) is 17.8 Å². The topological polar surface area (TPSA) is 57.6 Å². The van der Waals surface area contributed by atoms with Gasteiger partial charge in [-0.15, -0.1) is 13.2 Å². The van der Waals surface area contributed by atoms with E-state index in [4.69, 9.17) is 0 Å². The van der Waals surface area contributed by atoms with Crippen LogP contribution in [0, 0.1) is 17.8 Å². The molecule has 0 unspecified atom stereocenters. The molecule has 1 saturated heterocycles. The Labute approximate surface area is 132 Å². The van der Waals surface area contributed by atoms with E-state index in [0.29, 0.717) is 12.8 Å². The van der Waals surface area contributed by atoms with E-state index in [9.17, 15) is 14.7 Å². The van der Waals surface area contributed by atoms with Crippen LogP contribution in [0.1, 0.15) is 33.1 Å². The number of carbonyl (C=O) groups is 2. The first-order valence-corrected chi connectivity index (χ1v) is 7.89. The summed E-state index contributed by atoms with van der Waals surface area (Å²) in [7, 11) is 0. The summed E-state index contributed by atoms with van der Waals surface area (Å²) in [6.07, 6.45) is 5.20. The molecule has 4 atom stereocenters. The molecule has 0 aromatic heterocycles. The molecule has 22 heavy (non-hydrogen) atoms. The first-order valence-electron chi connectivity index (χ1n) is 7.89. The molecule has 0 radical (unpaired) electrons. The van der Waals surface area contributed by atoms with E-state index in [0.717, 1.165) is 17.7 Å². The van der Waals surface area contributed by atoms with Gasteiger partial charge >= 0.3 is 0 Å². The molecule has 4 heteroatoms. The van der Waals surface area contributed by atoms with Crippen LogP contribution in [-0.4, -0.2) is 34.3 Å². The van der Waals surface area contributed by atoms with Crippen LogP contribution in [0.4, 0.5) is 0 Å². The number of allylic oxidation sites excluding steroid dienone is 3. The summed E-state index contributed by atoms with van der Waals surface area (Å²) in [4.78, 5) is 26.5. The molecule has 0 aromatic rings. The van der Waals surface area contributed by atoms with E-state index in [1.807, 2.05) is 24.8 Å². The highest BCUT2D eigenvalue weighted by molar-refractivity contribution is 5.95. The molecule has 0 saturated carbocycles. The van der Waals surface area contributed by atoms with Gasteiger partial charge in [0.2, 0.25) is 5.91 Å². The maximum atomic E-state index is 12.6. The average molecular weight is 303 g/mol. The van der Waals surface area contributed by atoms with Gasteiger partial charge in [-0.25, -0.2) is 0 Å². The molecule has 4 nitrogen and oxygen atoms in total. The normalized spacial score (nSPS) is 28.2. The zero-order valence-corrected chi connectivity index (χ0v) is 13.4. The Hall–Kier alpha value is -1.68. The molecule has 1 fully saturated rings. The summed E-state index contributed by atoms with van der Waals surface area (Å²) >= 11 is 0. The summed E-state index contributed by atoms with van der Waals surface area (Å²) in [5.41, 5.74) is 1.87. The molecule has 2 aliphatic rings. The van der Waals surface area contributed by atoms with Crippen molar-refractivity contribution in [1.29, 1.82) is 0 Å². The Morgan fingerprint density at radius 1 is 1.41 bits per heavy atom. The highest BCUT2D eigenvalue weighted by Crippen LogP contribution is 2.49. The lowest BCUT2D eigenvalue weighted by Crippen LogP contribution is -2.62. The van der Waals surface area contributed by atoms with E-state index < -0.39 is 0 Å². The number of hydrogen-bond acceptors (Lipinski definition) is 3. The van der Waals surface area contributed by atoms with Gasteiger partial charge in [-0.2, -0.15) is 0 Å². The average Bonchev–Trinajstić information content (AvgIpc) is 2.73. The molecule has 0 aromatic carbocycles. The van der Waals surface area contributed by atoms with Crippen molar-refractivity contribution in [2.45, 2.75) is 39.2 Å². The second-order valence-corrected chi connectivity index (χ2v) is 6.22. The van der Waals surface area contributed by atoms with Crippen molar-refractivity contribution in [3.8, 4) is 0 Å². The summed E-state index contributed by atoms with van der Waals surface area (Å²) in [6, 6.07) is 0.0123. The Bertz CT molecular complexity index is 534. The van der Waals surface area contributed by atoms with Crippen LogP contribution in [0.5, 0.6) is 0 Å². The van der Waals surface area contributed by atoms with Gasteiger partial charge in [-0.05, 0) is 18.4 Å². The van der Waals surface area contributed by atoms with E-state index >= 15 is 0 Å². The van der Waals surface area contributed by atoms with Crippen molar-refractivity contribution in [3.05, 3.63) is 36.6 Å². The van der Waals surface area contributed by atoms with Crippen LogP contribution in [0.3, 0.4) is 0 Å². The first kappa shape index (κ1) is 16.7. The lowest BCUT2D eigenvalue weighted by molar-refractivity contribution is -0.159. The van der Waals surface area contributed by atoms with Crippen LogP contribution in [0.2, 0.25) is 0 Å². The van der Waals surface area contributed by atoms with Crippen LogP contribution in [0.25, 0.3) is 0 Å². The third-order valence-electron chi connectivity index (χ3n) is 5.06. The van der Waals surface area contributed by atoms with Crippen LogP contribution in [-0.2, 0) is 9.59 Å². The standard InChI is InChI=1S/C18H25NO3/c1-5-7-9-14-13(10-20)11(3)17-16(18(22)19(14)17)12(4)15(21)8-6-2/h5-6,11-12,16-17,20H,1-2,7-10H2,3-4H3/t11-,12-,16+,17+/m0/s1. The summed E-state index contributed by atoms with van der Waals surface area (Å²) in [6.45, 7) is 11.1. The Balaban J connectivity index is 2.22. The highest BCUT2D eigenvalue weighted by Gasteiger charge is 2.58. The maximum Gasteiger partial charge on any atom is 0.232 e. The largest absolute Gasteiger partial charge is 0.392 e. The third kappa shape index (κ3) is 2.45. The molecule has 2 rings (SSSR count). The quantitative estimate of drug-likeness (QED) is 0.553. The second kappa shape index (κ2) is 6.61. The van der Waals surface area contributed by atoms with Gasteiger partial charge in [0.15, 0.2) is 0 Å². The molecule has 0 spiro atoms. The number of aliphatic hydroxyl groups excluding tert-OH is 1. The third-order valence-corrected chi connectivity index (χ3v) is 5.06. The summed E-state index contributed by atoms with van der Waals surface area (Å²) in [5, 5.41) is 9.67. The smallest absolute Gasteiger partial charge is 0.232 e. The minimum absolute atomic E-state index is 0.0123. The van der Waals surface area contributed by atoms with E-state index in [-0.39, 0.29) is 42.1 Å². The van der Waals surface area contributed by atoms with Gasteiger partial charge in [0, 0.05) is 24.0 Å². The SMILES string of the molecule is C=CCCC1=C(CO)[C@H](C)[C@@H]2[C@@H]([C@@H](C)C(=O)CC=C)C(=O)N12. The predicted molar refractivity (Wildman–Crippen MR) is 85.8 cm³/mol. The number of aliphatic hydroxyl groups is 1. The van der Waals surface area contributed by atoms with Gasteiger partial charge in [0.05, 0.1) is 18.6 Å². The van der Waals surface area contributed by atoms with E-state index in [2.05, 4.69) is 13.2 Å². The number of fused-ring (bicyclic) bond motifs is 1. The fraction of sp³-hybridized carbons (Fsp3) is 0.556. The predicted octanol–water partition coefficient (Wildman–Crippen LogP) is 2.46. The van der Waals surface area contributed by atoms with Gasteiger partial charge in [0.25, 0.3) is 0 Å². The molecule has 0 aliphatic carbocycles. The van der Waals surface area contributed by atoms with Crippen molar-refractivity contribution in [1.82, 2.24) is 4.90 Å². The maximum absolute atomic E-state index is 12.6. The number of carbonyl (C=O) groups excluding carboxylic acids is 2. The second-order valence-electron chi connectivity index (χ2n) is 6.22. The minimum Gasteiger partial charge on any atom is -0.392 e. The first-order chi connectivity index (χ1) is 10.5. The number of Topliss-reactive ketones (excluding diaryl/α,β-unsaturated/α-hetero) is 1. The van der Waals surface area contributed by atoms with Gasteiger partial charge in [-0.3, -0.25) is 9.59 Å². The highest BCUT2D eigenvalue weighted by atomic mass is 16.3. The van der Waals surface area contributed by atoms with Crippen molar-refractivity contribution in [3.63, 3.8) is 0 Å². The molecule has 1 N–H and O–H groups in total. The lowest BCUT2D eigenvalue weighted by Gasteiger charge is -2.48.